The molecule has 1 unspecified atom stereocenters. The van der Waals surface area contributed by atoms with E-state index in [0.29, 0.717) is 4.88 Å². The van der Waals surface area contributed by atoms with E-state index in [2.05, 4.69) is 5.32 Å². The van der Waals surface area contributed by atoms with E-state index in [1.807, 2.05) is 6.07 Å². The van der Waals surface area contributed by atoms with Crippen molar-refractivity contribution in [1.82, 2.24) is 5.32 Å². The first kappa shape index (κ1) is 16.9. The number of carbonyl (C=O) groups is 1. The average molecular weight is 353 g/mol. The molecule has 0 bridgehead atoms. The number of benzene rings is 1. The molecule has 2 aromatic rings. The molecule has 2 heterocycles. The molecule has 1 aliphatic heterocycles. The van der Waals surface area contributed by atoms with Crippen molar-refractivity contribution >= 4 is 17.2 Å². The predicted molar refractivity (Wildman–Crippen MR) is 86.3 cm³/mol. The Balaban J connectivity index is 1.68. The second-order valence-corrected chi connectivity index (χ2v) is 6.54. The summed E-state index contributed by atoms with van der Waals surface area (Å²) in [6.07, 6.45) is 2.00. The summed E-state index contributed by atoms with van der Waals surface area (Å²) in [4.78, 5) is 13.7. The van der Waals surface area contributed by atoms with E-state index >= 15 is 0 Å². The Labute approximate surface area is 142 Å². The van der Waals surface area contributed by atoms with Gasteiger partial charge in [0.25, 0.3) is 5.91 Å². The van der Waals surface area contributed by atoms with Crippen LogP contribution in [-0.4, -0.2) is 19.6 Å². The van der Waals surface area contributed by atoms with Gasteiger partial charge in [0.15, 0.2) is 11.6 Å². The van der Waals surface area contributed by atoms with Crippen LogP contribution in [0.2, 0.25) is 0 Å². The van der Waals surface area contributed by atoms with Crippen LogP contribution in [0.1, 0.15) is 39.1 Å². The maximum atomic E-state index is 14.1. The van der Waals surface area contributed by atoms with Gasteiger partial charge in [-0.1, -0.05) is 0 Å². The van der Waals surface area contributed by atoms with Gasteiger partial charge in [-0.15, -0.1) is 11.3 Å². The topological polar surface area (TPSA) is 47.6 Å². The van der Waals surface area contributed by atoms with Crippen LogP contribution in [0.25, 0.3) is 0 Å². The van der Waals surface area contributed by atoms with Gasteiger partial charge in [0.1, 0.15) is 5.82 Å². The van der Waals surface area contributed by atoms with E-state index in [9.17, 15) is 13.6 Å². The van der Waals surface area contributed by atoms with Crippen LogP contribution in [0.15, 0.2) is 24.3 Å². The Bertz CT molecular complexity index is 741. The van der Waals surface area contributed by atoms with Gasteiger partial charge in [-0.2, -0.15) is 0 Å². The van der Waals surface area contributed by atoms with Crippen molar-refractivity contribution in [2.45, 2.75) is 25.5 Å². The first-order valence-electron chi connectivity index (χ1n) is 7.60. The van der Waals surface area contributed by atoms with Crippen LogP contribution in [0.4, 0.5) is 8.78 Å². The first-order chi connectivity index (χ1) is 11.6. The molecule has 4 nitrogen and oxygen atoms in total. The van der Waals surface area contributed by atoms with Gasteiger partial charge in [-0.05, 0) is 37.1 Å². The minimum absolute atomic E-state index is 0.0461. The van der Waals surface area contributed by atoms with Crippen molar-refractivity contribution in [2.24, 2.45) is 0 Å². The van der Waals surface area contributed by atoms with E-state index in [1.54, 1.807) is 6.07 Å². The van der Waals surface area contributed by atoms with Crippen molar-refractivity contribution in [3.63, 3.8) is 0 Å². The molecular weight excluding hydrogens is 336 g/mol. The Morgan fingerprint density at radius 1 is 1.38 bits per heavy atom. The largest absolute Gasteiger partial charge is 0.494 e. The van der Waals surface area contributed by atoms with Gasteiger partial charge in [0.05, 0.1) is 18.1 Å². The van der Waals surface area contributed by atoms with Crippen LogP contribution >= 0.6 is 11.3 Å². The minimum Gasteiger partial charge on any atom is -0.494 e. The van der Waals surface area contributed by atoms with Gasteiger partial charge < -0.3 is 14.8 Å². The fourth-order valence-corrected chi connectivity index (χ4v) is 3.61. The van der Waals surface area contributed by atoms with Crippen LogP contribution in [0.5, 0.6) is 5.75 Å². The smallest absolute Gasteiger partial charge is 0.261 e. The summed E-state index contributed by atoms with van der Waals surface area (Å²) in [7, 11) is 1.30. The maximum absolute atomic E-state index is 14.1. The monoisotopic (exact) mass is 353 g/mol. The number of hydrogen-bond acceptors (Lipinski definition) is 4. The molecular formula is C17H17F2NO3S. The van der Waals surface area contributed by atoms with Crippen molar-refractivity contribution in [2.75, 3.05) is 13.7 Å². The molecule has 1 saturated heterocycles. The number of amides is 1. The minimum atomic E-state index is -0.802. The van der Waals surface area contributed by atoms with E-state index in [1.165, 1.54) is 24.5 Å². The van der Waals surface area contributed by atoms with Gasteiger partial charge in [0, 0.05) is 23.6 Å². The molecule has 0 spiro atoms. The van der Waals surface area contributed by atoms with Gasteiger partial charge in [-0.3, -0.25) is 4.79 Å². The van der Waals surface area contributed by atoms with Gasteiger partial charge in [-0.25, -0.2) is 8.78 Å². The highest BCUT2D eigenvalue weighted by Gasteiger charge is 2.21. The molecule has 24 heavy (non-hydrogen) atoms. The number of thiophene rings is 1. The maximum Gasteiger partial charge on any atom is 0.261 e. The van der Waals surface area contributed by atoms with Crippen LogP contribution in [0.3, 0.4) is 0 Å². The molecule has 1 N–H and O–H groups in total. The SMILES string of the molecule is COc1ccc(F)c(CNC(=O)c2ccc(C3CCCO3)s2)c1F. The number of rotatable bonds is 5. The van der Waals surface area contributed by atoms with E-state index < -0.39 is 11.6 Å². The third-order valence-electron chi connectivity index (χ3n) is 3.89. The Hall–Kier alpha value is -1.99. The summed E-state index contributed by atoms with van der Waals surface area (Å²) in [5.74, 6) is -1.95. The fourth-order valence-electron chi connectivity index (χ4n) is 2.60. The molecule has 7 heteroatoms. The highest BCUT2D eigenvalue weighted by atomic mass is 32.1. The van der Waals surface area contributed by atoms with Gasteiger partial charge >= 0.3 is 0 Å². The zero-order valence-corrected chi connectivity index (χ0v) is 13.9. The Kier molecular flexibility index (Phi) is 5.11. The van der Waals surface area contributed by atoms with E-state index in [0.717, 1.165) is 30.4 Å². The summed E-state index contributed by atoms with van der Waals surface area (Å²) >= 11 is 1.34. The highest BCUT2D eigenvalue weighted by Crippen LogP contribution is 2.33. The molecule has 128 valence electrons. The molecule has 0 saturated carbocycles. The van der Waals surface area contributed by atoms with Crippen LogP contribution < -0.4 is 10.1 Å². The zero-order valence-electron chi connectivity index (χ0n) is 13.1. The van der Waals surface area contributed by atoms with E-state index in [-0.39, 0.29) is 29.9 Å². The third-order valence-corrected chi connectivity index (χ3v) is 5.07. The summed E-state index contributed by atoms with van der Waals surface area (Å²) < 4.78 is 38.2. The number of ether oxygens (including phenoxy) is 2. The molecule has 1 amide bonds. The van der Waals surface area contributed by atoms with Crippen molar-refractivity contribution in [1.29, 1.82) is 0 Å². The lowest BCUT2D eigenvalue weighted by atomic mass is 10.2. The normalized spacial score (nSPS) is 17.0. The summed E-state index contributed by atoms with van der Waals surface area (Å²) in [5, 5.41) is 2.55. The Morgan fingerprint density at radius 2 is 2.21 bits per heavy atom. The third kappa shape index (κ3) is 3.42. The second kappa shape index (κ2) is 7.27. The number of nitrogens with one attached hydrogen (secondary N) is 1. The standard InChI is InChI=1S/C17H17F2NO3S/c1-22-13-5-4-11(18)10(16(13)19)9-20-17(21)15-7-6-14(24-15)12-3-2-8-23-12/h4-7,12H,2-3,8-9H2,1H3,(H,20,21). The van der Waals surface area contributed by atoms with Crippen molar-refractivity contribution in [3.05, 3.63) is 51.2 Å². The number of carbonyl (C=O) groups excluding carboxylic acids is 1. The quantitative estimate of drug-likeness (QED) is 0.889. The van der Waals surface area contributed by atoms with E-state index in [4.69, 9.17) is 9.47 Å². The molecule has 1 aromatic carbocycles. The summed E-state index contributed by atoms with van der Waals surface area (Å²) in [6, 6.07) is 5.89. The van der Waals surface area contributed by atoms with Crippen molar-refractivity contribution < 1.29 is 23.0 Å². The molecule has 3 rings (SSSR count). The number of halogens is 2. The Morgan fingerprint density at radius 3 is 2.92 bits per heavy atom. The van der Waals surface area contributed by atoms with Crippen molar-refractivity contribution in [3.8, 4) is 5.75 Å². The lowest BCUT2D eigenvalue weighted by molar-refractivity contribution is 0.0954. The molecule has 1 fully saturated rings. The lowest BCUT2D eigenvalue weighted by Crippen LogP contribution is -2.23. The summed E-state index contributed by atoms with van der Waals surface area (Å²) in [6.45, 7) is 0.485. The molecule has 0 aliphatic carbocycles. The molecule has 1 aromatic heterocycles. The first-order valence-corrected chi connectivity index (χ1v) is 8.42. The highest BCUT2D eigenvalue weighted by molar-refractivity contribution is 7.14. The fraction of sp³-hybridized carbons (Fsp3) is 0.353. The molecule has 0 radical (unpaired) electrons. The molecule has 1 aliphatic rings. The lowest BCUT2D eigenvalue weighted by Gasteiger charge is -2.09. The van der Waals surface area contributed by atoms with Crippen LogP contribution in [0, 0.1) is 11.6 Å². The predicted octanol–water partition coefficient (Wildman–Crippen LogP) is 3.82. The number of methoxy groups -OCH3 is 1. The number of hydrogen-bond donors (Lipinski definition) is 1. The van der Waals surface area contributed by atoms with Gasteiger partial charge in [0.2, 0.25) is 0 Å². The zero-order chi connectivity index (χ0) is 17.1. The molecule has 1 atom stereocenters. The summed E-state index contributed by atoms with van der Waals surface area (Å²) in [5.41, 5.74) is -0.224. The average Bonchev–Trinajstić information content (AvgIpc) is 3.25. The van der Waals surface area contributed by atoms with Crippen LogP contribution in [-0.2, 0) is 11.3 Å². The second-order valence-electron chi connectivity index (χ2n) is 5.43.